The SMILES string of the molecule is NCC(Cc1cccc(C(F)(F)F)c1)c1ccc2c(c1)CCCC2. The van der Waals surface area contributed by atoms with Crippen molar-refractivity contribution in [3.05, 3.63) is 70.3 Å². The fourth-order valence-electron chi connectivity index (χ4n) is 3.50. The van der Waals surface area contributed by atoms with Crippen molar-refractivity contribution < 1.29 is 13.2 Å². The molecule has 0 fully saturated rings. The van der Waals surface area contributed by atoms with E-state index in [1.165, 1.54) is 36.1 Å². The molecule has 1 aliphatic carbocycles. The lowest BCUT2D eigenvalue weighted by molar-refractivity contribution is -0.137. The second kappa shape index (κ2) is 6.98. The van der Waals surface area contributed by atoms with Gasteiger partial charge in [0.25, 0.3) is 0 Å². The van der Waals surface area contributed by atoms with Crippen molar-refractivity contribution in [3.8, 4) is 0 Å². The third kappa shape index (κ3) is 3.81. The minimum atomic E-state index is -4.31. The van der Waals surface area contributed by atoms with E-state index >= 15 is 0 Å². The molecule has 2 aromatic rings. The Morgan fingerprint density at radius 3 is 2.42 bits per heavy atom. The first-order chi connectivity index (χ1) is 11.5. The van der Waals surface area contributed by atoms with E-state index in [1.807, 2.05) is 0 Å². The highest BCUT2D eigenvalue weighted by atomic mass is 19.4. The molecular weight excluding hydrogens is 311 g/mol. The van der Waals surface area contributed by atoms with Crippen LogP contribution in [0.2, 0.25) is 0 Å². The van der Waals surface area contributed by atoms with Crippen LogP contribution in [0.1, 0.15) is 46.6 Å². The summed E-state index contributed by atoms with van der Waals surface area (Å²) in [5.41, 5.74) is 9.93. The third-order valence-corrected chi connectivity index (χ3v) is 4.86. The van der Waals surface area contributed by atoms with Gasteiger partial charge in [-0.05, 0) is 67.0 Å². The fraction of sp³-hybridized carbons (Fsp3) is 0.400. The van der Waals surface area contributed by atoms with Crippen LogP contribution in [0.25, 0.3) is 0 Å². The van der Waals surface area contributed by atoms with E-state index in [0.717, 1.165) is 24.5 Å². The summed E-state index contributed by atoms with van der Waals surface area (Å²) in [6.45, 7) is 0.426. The van der Waals surface area contributed by atoms with Crippen LogP contribution in [-0.4, -0.2) is 6.54 Å². The van der Waals surface area contributed by atoms with Crippen molar-refractivity contribution in [2.24, 2.45) is 5.73 Å². The van der Waals surface area contributed by atoms with Crippen molar-refractivity contribution in [1.82, 2.24) is 0 Å². The van der Waals surface area contributed by atoms with Gasteiger partial charge in [-0.2, -0.15) is 13.2 Å². The molecule has 0 amide bonds. The van der Waals surface area contributed by atoms with Gasteiger partial charge in [-0.15, -0.1) is 0 Å². The van der Waals surface area contributed by atoms with Gasteiger partial charge >= 0.3 is 6.18 Å². The molecule has 1 aliphatic rings. The molecule has 0 heterocycles. The molecular formula is C20H22F3N. The predicted octanol–water partition coefficient (Wildman–Crippen LogP) is 4.87. The molecule has 2 N–H and O–H groups in total. The van der Waals surface area contributed by atoms with E-state index in [2.05, 4.69) is 18.2 Å². The summed E-state index contributed by atoms with van der Waals surface area (Å²) in [6, 6.07) is 12.0. The monoisotopic (exact) mass is 333 g/mol. The summed E-state index contributed by atoms with van der Waals surface area (Å²) in [4.78, 5) is 0. The minimum absolute atomic E-state index is 0.0423. The number of aryl methyl sites for hydroxylation is 2. The number of fused-ring (bicyclic) bond motifs is 1. The summed E-state index contributed by atoms with van der Waals surface area (Å²) in [6.07, 6.45) is 0.869. The number of nitrogens with two attached hydrogens (primary N) is 1. The summed E-state index contributed by atoms with van der Waals surface area (Å²) < 4.78 is 38.6. The van der Waals surface area contributed by atoms with Gasteiger partial charge in [0.1, 0.15) is 0 Å². The standard InChI is InChI=1S/C20H22F3N/c21-20(22,23)19-7-3-4-14(11-19)10-18(13-24)17-9-8-15-5-1-2-6-16(15)12-17/h3-4,7-9,11-12,18H,1-2,5-6,10,13,24H2. The van der Waals surface area contributed by atoms with Gasteiger partial charge in [0.05, 0.1) is 5.56 Å². The number of alkyl halides is 3. The molecule has 0 spiro atoms. The molecule has 0 aliphatic heterocycles. The van der Waals surface area contributed by atoms with E-state index in [-0.39, 0.29) is 5.92 Å². The zero-order valence-corrected chi connectivity index (χ0v) is 13.6. The summed E-state index contributed by atoms with van der Waals surface area (Å²) >= 11 is 0. The Morgan fingerprint density at radius 2 is 1.71 bits per heavy atom. The molecule has 3 rings (SSSR count). The summed E-state index contributed by atoms with van der Waals surface area (Å²) in [5.74, 6) is 0.0423. The average molecular weight is 333 g/mol. The molecule has 0 radical (unpaired) electrons. The molecule has 4 heteroatoms. The van der Waals surface area contributed by atoms with Crippen molar-refractivity contribution in [2.45, 2.75) is 44.2 Å². The first-order valence-corrected chi connectivity index (χ1v) is 8.45. The normalized spacial score (nSPS) is 15.8. The van der Waals surface area contributed by atoms with Gasteiger partial charge < -0.3 is 5.73 Å². The number of hydrogen-bond acceptors (Lipinski definition) is 1. The van der Waals surface area contributed by atoms with Crippen LogP contribution in [0, 0.1) is 0 Å². The Morgan fingerprint density at radius 1 is 0.958 bits per heavy atom. The highest BCUT2D eigenvalue weighted by Crippen LogP contribution is 2.31. The first-order valence-electron chi connectivity index (χ1n) is 8.45. The smallest absolute Gasteiger partial charge is 0.330 e. The molecule has 128 valence electrons. The average Bonchev–Trinajstić information content (AvgIpc) is 2.59. The quantitative estimate of drug-likeness (QED) is 0.849. The number of rotatable bonds is 4. The second-order valence-electron chi connectivity index (χ2n) is 6.57. The molecule has 0 aromatic heterocycles. The molecule has 1 unspecified atom stereocenters. The van der Waals surface area contributed by atoms with Crippen molar-refractivity contribution >= 4 is 0 Å². The molecule has 1 nitrogen and oxygen atoms in total. The lowest BCUT2D eigenvalue weighted by Crippen LogP contribution is -2.16. The predicted molar refractivity (Wildman–Crippen MR) is 90.0 cm³/mol. The van der Waals surface area contributed by atoms with Crippen molar-refractivity contribution in [2.75, 3.05) is 6.54 Å². The Labute approximate surface area is 140 Å². The van der Waals surface area contributed by atoms with Crippen LogP contribution in [0.3, 0.4) is 0 Å². The van der Waals surface area contributed by atoms with Gasteiger partial charge in [-0.1, -0.05) is 36.4 Å². The topological polar surface area (TPSA) is 26.0 Å². The number of benzene rings is 2. The van der Waals surface area contributed by atoms with Crippen LogP contribution in [0.15, 0.2) is 42.5 Å². The largest absolute Gasteiger partial charge is 0.416 e. The molecule has 1 atom stereocenters. The van der Waals surface area contributed by atoms with E-state index in [1.54, 1.807) is 6.07 Å². The van der Waals surface area contributed by atoms with E-state index in [0.29, 0.717) is 18.5 Å². The highest BCUT2D eigenvalue weighted by molar-refractivity contribution is 5.37. The Balaban J connectivity index is 1.82. The van der Waals surface area contributed by atoms with E-state index in [4.69, 9.17) is 5.73 Å². The maximum atomic E-state index is 12.9. The van der Waals surface area contributed by atoms with Gasteiger partial charge in [-0.25, -0.2) is 0 Å². The lowest BCUT2D eigenvalue weighted by atomic mass is 9.85. The van der Waals surface area contributed by atoms with Gasteiger partial charge in [0, 0.05) is 5.92 Å². The minimum Gasteiger partial charge on any atom is -0.330 e. The van der Waals surface area contributed by atoms with Crippen LogP contribution < -0.4 is 5.73 Å². The molecule has 24 heavy (non-hydrogen) atoms. The maximum Gasteiger partial charge on any atom is 0.416 e. The zero-order chi connectivity index (χ0) is 17.2. The van der Waals surface area contributed by atoms with Crippen LogP contribution >= 0.6 is 0 Å². The Hall–Kier alpha value is -1.81. The molecule has 0 bridgehead atoms. The second-order valence-corrected chi connectivity index (χ2v) is 6.57. The van der Waals surface area contributed by atoms with Crippen LogP contribution in [0.5, 0.6) is 0 Å². The Kier molecular flexibility index (Phi) is 4.95. The molecule has 2 aromatic carbocycles. The Bertz CT molecular complexity index is 706. The van der Waals surface area contributed by atoms with Gasteiger partial charge in [0.15, 0.2) is 0 Å². The summed E-state index contributed by atoms with van der Waals surface area (Å²) in [7, 11) is 0. The maximum absolute atomic E-state index is 12.9. The first kappa shape index (κ1) is 17.0. The summed E-state index contributed by atoms with van der Waals surface area (Å²) in [5, 5.41) is 0. The fourth-order valence-corrected chi connectivity index (χ4v) is 3.50. The highest BCUT2D eigenvalue weighted by Gasteiger charge is 2.30. The zero-order valence-electron chi connectivity index (χ0n) is 13.6. The molecule has 0 saturated carbocycles. The number of hydrogen-bond donors (Lipinski definition) is 1. The number of halogens is 3. The van der Waals surface area contributed by atoms with E-state index in [9.17, 15) is 13.2 Å². The van der Waals surface area contributed by atoms with Crippen molar-refractivity contribution in [1.29, 1.82) is 0 Å². The molecule has 0 saturated heterocycles. The van der Waals surface area contributed by atoms with Crippen LogP contribution in [0.4, 0.5) is 13.2 Å². The van der Waals surface area contributed by atoms with Crippen molar-refractivity contribution in [3.63, 3.8) is 0 Å². The van der Waals surface area contributed by atoms with Crippen LogP contribution in [-0.2, 0) is 25.4 Å². The van der Waals surface area contributed by atoms with E-state index < -0.39 is 11.7 Å². The lowest BCUT2D eigenvalue weighted by Gasteiger charge is -2.21. The third-order valence-electron chi connectivity index (χ3n) is 4.86. The van der Waals surface area contributed by atoms with Gasteiger partial charge in [0.2, 0.25) is 0 Å². The van der Waals surface area contributed by atoms with Gasteiger partial charge in [-0.3, -0.25) is 0 Å².